The highest BCUT2D eigenvalue weighted by molar-refractivity contribution is 7.47. The quantitative estimate of drug-likeness (QED) is 0.0169. The first-order valence-electron chi connectivity index (χ1n) is 37.8. The molecule has 0 amide bonds. The first-order chi connectivity index (χ1) is 46.7. The van der Waals surface area contributed by atoms with Crippen LogP contribution in [0.2, 0.25) is 0 Å². The van der Waals surface area contributed by atoms with Gasteiger partial charge in [-0.25, -0.2) is 9.13 Å². The summed E-state index contributed by atoms with van der Waals surface area (Å²) in [6.07, 6.45) is 70.2. The van der Waals surface area contributed by atoms with Gasteiger partial charge in [-0.1, -0.05) is 293 Å². The standard InChI is InChI=1S/C77H136O17P2/c1-5-9-13-17-21-25-29-32-34-35-37-40-43-46-50-54-58-62-75(80)88-68-73(94-77(82)64-60-56-52-48-44-38-31-27-23-19-15-11-7-3)70-92-96(85,86)90-66-71(78)65-89-95(83,84)91-69-72(93-76(81)63-59-55-51-47-41-28-24-20-16-12-8-4)67-87-74(79)61-57-53-49-45-42-39-36-33-30-26-22-18-14-10-6-2/h9,13,15,19,21,25,27,31-32,34,37,40,46,50,71-73,78H,5-8,10-12,14,16-18,20,22-24,26,28-30,33,35-36,38-39,41-45,47-49,51-70H2,1-4H3,(H,83,84)(H,85,86)/b13-9-,19-15-,25-21-,31-27-,34-32-,40-37-,50-46-. The van der Waals surface area contributed by atoms with Crippen LogP contribution in [0.3, 0.4) is 0 Å². The Morgan fingerprint density at radius 2 is 0.573 bits per heavy atom. The summed E-state index contributed by atoms with van der Waals surface area (Å²) in [5.41, 5.74) is 0. The van der Waals surface area contributed by atoms with Crippen LogP contribution in [-0.2, 0) is 65.4 Å². The Morgan fingerprint density at radius 3 is 0.917 bits per heavy atom. The van der Waals surface area contributed by atoms with Crippen LogP contribution >= 0.6 is 15.6 Å². The topological polar surface area (TPSA) is 237 Å². The van der Waals surface area contributed by atoms with Gasteiger partial charge in [0.15, 0.2) is 12.2 Å². The van der Waals surface area contributed by atoms with Crippen LogP contribution in [0.1, 0.15) is 323 Å². The fraction of sp³-hybridized carbons (Fsp3) is 0.766. The van der Waals surface area contributed by atoms with Crippen molar-refractivity contribution in [3.8, 4) is 0 Å². The van der Waals surface area contributed by atoms with Crippen LogP contribution in [-0.4, -0.2) is 96.7 Å². The van der Waals surface area contributed by atoms with Crippen molar-refractivity contribution >= 4 is 39.5 Å². The molecule has 0 bridgehead atoms. The van der Waals surface area contributed by atoms with E-state index in [1.807, 2.05) is 12.2 Å². The van der Waals surface area contributed by atoms with Gasteiger partial charge in [0.05, 0.1) is 26.4 Å². The number of carbonyl (C=O) groups excluding carboxylic acids is 4. The highest BCUT2D eigenvalue weighted by atomic mass is 31.2. The van der Waals surface area contributed by atoms with E-state index in [9.17, 15) is 43.2 Å². The molecular formula is C77H136O17P2. The maximum atomic E-state index is 13.1. The third-order valence-corrected chi connectivity index (χ3v) is 17.8. The monoisotopic (exact) mass is 1390 g/mol. The van der Waals surface area contributed by atoms with Gasteiger partial charge in [0, 0.05) is 25.7 Å². The molecule has 19 heteroatoms. The molecule has 5 unspecified atom stereocenters. The Kier molecular flexibility index (Phi) is 67.0. The molecule has 0 saturated heterocycles. The second-order valence-electron chi connectivity index (χ2n) is 25.2. The van der Waals surface area contributed by atoms with Gasteiger partial charge >= 0.3 is 39.5 Å². The molecule has 0 rings (SSSR count). The normalized spacial score (nSPS) is 14.4. The maximum absolute atomic E-state index is 13.1. The number of unbranched alkanes of at least 4 members (excludes halogenated alkanes) is 31. The van der Waals surface area contributed by atoms with Gasteiger partial charge in [0.2, 0.25) is 0 Å². The van der Waals surface area contributed by atoms with Crippen LogP contribution in [0.4, 0.5) is 0 Å². The minimum Gasteiger partial charge on any atom is -0.462 e. The number of hydrogen-bond acceptors (Lipinski definition) is 15. The first-order valence-corrected chi connectivity index (χ1v) is 40.8. The lowest BCUT2D eigenvalue weighted by Gasteiger charge is -2.21. The van der Waals surface area contributed by atoms with Gasteiger partial charge in [-0.3, -0.25) is 37.3 Å². The Bertz CT molecular complexity index is 2160. The van der Waals surface area contributed by atoms with Crippen molar-refractivity contribution in [3.63, 3.8) is 0 Å². The smallest absolute Gasteiger partial charge is 0.462 e. The molecule has 556 valence electrons. The number of esters is 4. The van der Waals surface area contributed by atoms with E-state index < -0.39 is 97.5 Å². The predicted molar refractivity (Wildman–Crippen MR) is 390 cm³/mol. The number of aliphatic hydroxyl groups is 1. The second kappa shape index (κ2) is 69.7. The number of ether oxygens (including phenoxy) is 4. The van der Waals surface area contributed by atoms with E-state index in [-0.39, 0.29) is 25.7 Å². The number of aliphatic hydroxyl groups excluding tert-OH is 1. The Morgan fingerprint density at radius 1 is 0.302 bits per heavy atom. The number of phosphoric ester groups is 2. The molecule has 0 radical (unpaired) electrons. The molecule has 0 aromatic heterocycles. The van der Waals surface area contributed by atoms with E-state index in [2.05, 4.69) is 101 Å². The zero-order valence-corrected chi connectivity index (χ0v) is 62.3. The first kappa shape index (κ1) is 92.2. The number of rotatable bonds is 71. The van der Waals surface area contributed by atoms with Gasteiger partial charge in [0.25, 0.3) is 0 Å². The average molecular weight is 1400 g/mol. The van der Waals surface area contributed by atoms with Gasteiger partial charge in [0.1, 0.15) is 19.3 Å². The Labute approximate surface area is 583 Å². The van der Waals surface area contributed by atoms with Gasteiger partial charge in [-0.05, 0) is 89.9 Å². The highest BCUT2D eigenvalue weighted by Gasteiger charge is 2.30. The molecule has 0 fully saturated rings. The highest BCUT2D eigenvalue weighted by Crippen LogP contribution is 2.45. The lowest BCUT2D eigenvalue weighted by Crippen LogP contribution is -2.30. The zero-order chi connectivity index (χ0) is 70.4. The fourth-order valence-corrected chi connectivity index (χ4v) is 11.7. The van der Waals surface area contributed by atoms with Crippen LogP contribution in [0, 0.1) is 0 Å². The molecular weight excluding hydrogens is 1260 g/mol. The van der Waals surface area contributed by atoms with E-state index in [0.717, 1.165) is 128 Å². The lowest BCUT2D eigenvalue weighted by atomic mass is 10.0. The summed E-state index contributed by atoms with van der Waals surface area (Å²) < 4.78 is 68.3. The van der Waals surface area contributed by atoms with Crippen LogP contribution in [0.25, 0.3) is 0 Å². The molecule has 0 saturated carbocycles. The Hall–Kier alpha value is -3.76. The van der Waals surface area contributed by atoms with Gasteiger partial charge in [-0.2, -0.15) is 0 Å². The molecule has 96 heavy (non-hydrogen) atoms. The third-order valence-electron chi connectivity index (χ3n) is 15.9. The summed E-state index contributed by atoms with van der Waals surface area (Å²) in [6.45, 7) is 4.64. The lowest BCUT2D eigenvalue weighted by molar-refractivity contribution is -0.161. The molecule has 0 spiro atoms. The van der Waals surface area contributed by atoms with Crippen molar-refractivity contribution in [2.75, 3.05) is 39.6 Å². The molecule has 0 aliphatic rings. The van der Waals surface area contributed by atoms with Crippen molar-refractivity contribution in [1.29, 1.82) is 0 Å². The van der Waals surface area contributed by atoms with E-state index in [4.69, 9.17) is 37.0 Å². The summed E-state index contributed by atoms with van der Waals surface area (Å²) in [4.78, 5) is 72.7. The molecule has 0 aromatic rings. The van der Waals surface area contributed by atoms with Crippen LogP contribution in [0.15, 0.2) is 85.1 Å². The molecule has 0 aromatic carbocycles. The minimum absolute atomic E-state index is 0.0674. The van der Waals surface area contributed by atoms with Crippen LogP contribution in [0.5, 0.6) is 0 Å². The molecule has 0 aliphatic heterocycles. The summed E-state index contributed by atoms with van der Waals surface area (Å²) in [5, 5.41) is 10.6. The molecule has 5 atom stereocenters. The van der Waals surface area contributed by atoms with Gasteiger partial charge < -0.3 is 33.8 Å². The van der Waals surface area contributed by atoms with E-state index in [1.54, 1.807) is 0 Å². The molecule has 0 heterocycles. The number of hydrogen-bond donors (Lipinski definition) is 3. The van der Waals surface area contributed by atoms with Crippen molar-refractivity contribution in [3.05, 3.63) is 85.1 Å². The van der Waals surface area contributed by atoms with E-state index in [1.165, 1.54) is 109 Å². The number of phosphoric acid groups is 2. The zero-order valence-electron chi connectivity index (χ0n) is 60.5. The summed E-state index contributed by atoms with van der Waals surface area (Å²) in [6, 6.07) is 0. The predicted octanol–water partition coefficient (Wildman–Crippen LogP) is 21.4. The van der Waals surface area contributed by atoms with Crippen molar-refractivity contribution in [2.24, 2.45) is 0 Å². The number of allylic oxidation sites excluding steroid dienone is 14. The minimum atomic E-state index is -4.98. The number of carbonyl (C=O) groups is 4. The maximum Gasteiger partial charge on any atom is 0.472 e. The largest absolute Gasteiger partial charge is 0.472 e. The molecule has 3 N–H and O–H groups in total. The molecule has 0 aliphatic carbocycles. The average Bonchev–Trinajstić information content (AvgIpc) is 1.17. The third kappa shape index (κ3) is 68.8. The Balaban J connectivity index is 5.34. The second-order valence-corrected chi connectivity index (χ2v) is 28.1. The summed E-state index contributed by atoms with van der Waals surface area (Å²) >= 11 is 0. The van der Waals surface area contributed by atoms with E-state index in [0.29, 0.717) is 32.1 Å². The fourth-order valence-electron chi connectivity index (χ4n) is 10.1. The van der Waals surface area contributed by atoms with E-state index >= 15 is 0 Å². The summed E-state index contributed by atoms with van der Waals surface area (Å²) in [7, 11) is -9.95. The van der Waals surface area contributed by atoms with Gasteiger partial charge in [-0.15, -0.1) is 0 Å². The van der Waals surface area contributed by atoms with Crippen LogP contribution < -0.4 is 0 Å². The van der Waals surface area contributed by atoms with Crippen molar-refractivity contribution < 1.29 is 80.2 Å². The van der Waals surface area contributed by atoms with Crippen molar-refractivity contribution in [2.45, 2.75) is 341 Å². The SMILES string of the molecule is CC/C=C\C/C=C\C/C=C\C/C=C\C/C=C\CCCC(=O)OCC(COP(=O)(O)OCC(O)COP(=O)(O)OCC(COC(=O)CCCCCCCCCCCCCCCCC)OC(=O)CCCCCCCCCCCCC)OC(=O)CCCCCCC/C=C\C/C=C\CCC. The van der Waals surface area contributed by atoms with Crippen molar-refractivity contribution in [1.82, 2.24) is 0 Å². The summed E-state index contributed by atoms with van der Waals surface area (Å²) in [5.74, 6) is -2.24. The molecule has 17 nitrogen and oxygen atoms in total.